The molecule has 0 saturated heterocycles. The normalized spacial score (nSPS) is 8.00. The van der Waals surface area contributed by atoms with Crippen LogP contribution in [0.1, 0.15) is 41.5 Å². The van der Waals surface area contributed by atoms with Gasteiger partial charge in [0, 0.05) is 18.3 Å². The molecule has 89 valence electrons. The predicted molar refractivity (Wildman–Crippen MR) is 57.9 cm³/mol. The Morgan fingerprint density at radius 2 is 0.643 bits per heavy atom. The minimum absolute atomic E-state index is 0.167. The van der Waals surface area contributed by atoms with Crippen LogP contribution in [0, 0.1) is 0 Å². The number of aliphatic hydroxyl groups excluding tert-OH is 3. The summed E-state index contributed by atoms with van der Waals surface area (Å²) in [6.45, 7) is 10.3. The summed E-state index contributed by atoms with van der Waals surface area (Å²) in [6, 6.07) is 0. The van der Waals surface area contributed by atoms with Crippen LogP contribution >= 0.6 is 9.30 Å². The first-order valence-electron chi connectivity index (χ1n) is 4.43. The number of hydrogen-bond acceptors (Lipinski definition) is 3. The van der Waals surface area contributed by atoms with Gasteiger partial charge in [-0.05, 0) is 41.5 Å². The van der Waals surface area contributed by atoms with Crippen molar-refractivity contribution >= 4 is 9.30 Å². The average Bonchev–Trinajstić information content (AvgIpc) is 1.86. The van der Waals surface area contributed by atoms with Crippen LogP contribution in [0.3, 0.4) is 0 Å². The van der Waals surface area contributed by atoms with Gasteiger partial charge in [-0.25, -0.2) is 0 Å². The quantitative estimate of drug-likeness (QED) is 0.585. The Kier molecular flexibility index (Phi) is 40.8. The summed E-state index contributed by atoms with van der Waals surface area (Å²) in [5, 5.41) is 24.2. The van der Waals surface area contributed by atoms with Crippen molar-refractivity contribution in [3.63, 3.8) is 0 Å². The van der Waals surface area contributed by atoms with Crippen molar-refractivity contribution in [1.82, 2.24) is 0 Å². The van der Waals surface area contributed by atoms with E-state index < -0.39 is 0 Å². The molecule has 0 aromatic heterocycles. The van der Waals surface area contributed by atoms with E-state index >= 15 is 0 Å². The van der Waals surface area contributed by atoms with Crippen molar-refractivity contribution in [2.75, 3.05) is 0 Å². The summed E-state index contributed by atoms with van der Waals surface area (Å²) in [7, 11) is 4.64. The summed E-state index contributed by atoms with van der Waals surface area (Å²) in [5.41, 5.74) is 0. The van der Waals surface area contributed by atoms with E-state index in [0.717, 1.165) is 0 Å². The molecule has 5 heteroatoms. The van der Waals surface area contributed by atoms with Gasteiger partial charge in [0.15, 0.2) is 0 Å². The van der Waals surface area contributed by atoms with Gasteiger partial charge in [0.25, 0.3) is 0 Å². The molecule has 0 rings (SSSR count). The van der Waals surface area contributed by atoms with E-state index in [0.29, 0.717) is 0 Å². The number of halogens is 1. The molecule has 0 fully saturated rings. The molecule has 3 N–H and O–H groups in total. The molecule has 0 aromatic carbocycles. The summed E-state index contributed by atoms with van der Waals surface area (Å²) < 4.78 is 0. The predicted octanol–water partition coefficient (Wildman–Crippen LogP) is 1.85. The van der Waals surface area contributed by atoms with Gasteiger partial charge >= 0.3 is 28.7 Å². The molecule has 0 bridgehead atoms. The third-order valence-corrected chi connectivity index (χ3v) is 0. The van der Waals surface area contributed by atoms with Crippen molar-refractivity contribution < 1.29 is 34.7 Å². The van der Waals surface area contributed by atoms with Gasteiger partial charge in [0.2, 0.25) is 0 Å². The molecule has 0 spiro atoms. The summed E-state index contributed by atoms with van der Waals surface area (Å²) in [6.07, 6.45) is -0.500. The zero-order chi connectivity index (χ0) is 12.7. The first-order valence-corrected chi connectivity index (χ1v) is 6.58. The first kappa shape index (κ1) is 24.2. The van der Waals surface area contributed by atoms with Crippen LogP contribution in [-0.4, -0.2) is 33.6 Å². The molecule has 0 heterocycles. The molecule has 0 aliphatic carbocycles. The van der Waals surface area contributed by atoms with E-state index in [4.69, 9.17) is 15.3 Å². The Morgan fingerprint density at radius 1 is 0.643 bits per heavy atom. The van der Waals surface area contributed by atoms with Gasteiger partial charge < -0.3 is 15.3 Å². The van der Waals surface area contributed by atoms with Crippen molar-refractivity contribution in [3.8, 4) is 0 Å². The molecule has 0 aliphatic heterocycles. The van der Waals surface area contributed by atoms with E-state index in [2.05, 4.69) is 9.30 Å². The van der Waals surface area contributed by atoms with E-state index in [1.54, 1.807) is 41.5 Å². The molecule has 0 amide bonds. The van der Waals surface area contributed by atoms with Crippen LogP contribution in [0.4, 0.5) is 0 Å². The number of hydrogen-bond donors (Lipinski definition) is 3. The van der Waals surface area contributed by atoms with Crippen LogP contribution in [0.5, 0.6) is 0 Å². The van der Waals surface area contributed by atoms with E-state index in [1.165, 1.54) is 19.4 Å². The van der Waals surface area contributed by atoms with Gasteiger partial charge in [-0.3, -0.25) is 0 Å². The number of aliphatic hydroxyl groups is 3. The molecule has 3 nitrogen and oxygen atoms in total. The van der Waals surface area contributed by atoms with Crippen molar-refractivity contribution in [1.29, 1.82) is 0 Å². The van der Waals surface area contributed by atoms with Crippen molar-refractivity contribution in [2.45, 2.75) is 59.9 Å². The maximum atomic E-state index is 8.06. The van der Waals surface area contributed by atoms with Crippen LogP contribution in [0.25, 0.3) is 0 Å². The van der Waals surface area contributed by atoms with Crippen LogP contribution in [-0.2, 0) is 19.4 Å². The minimum atomic E-state index is -0.167. The molecular formula is C9H24ClO3Ti. The maximum absolute atomic E-state index is 8.06. The SMILES string of the molecule is CC(C)O.CC(C)O.CC(C)O.[Cl][Ti]. The van der Waals surface area contributed by atoms with Gasteiger partial charge in [0.1, 0.15) is 0 Å². The molecule has 0 atom stereocenters. The van der Waals surface area contributed by atoms with Crippen molar-refractivity contribution in [2.24, 2.45) is 0 Å². The third kappa shape index (κ3) is 2330. The summed E-state index contributed by atoms with van der Waals surface area (Å²) in [4.78, 5) is 0. The van der Waals surface area contributed by atoms with Crippen molar-refractivity contribution in [3.05, 3.63) is 0 Å². The second-order valence-electron chi connectivity index (χ2n) is 3.28. The molecular weight excluding hydrogens is 239 g/mol. The number of rotatable bonds is 0. The van der Waals surface area contributed by atoms with Crippen LogP contribution in [0.2, 0.25) is 0 Å². The Bertz CT molecular complexity index is 48.5. The topological polar surface area (TPSA) is 60.7 Å². The van der Waals surface area contributed by atoms with E-state index in [-0.39, 0.29) is 18.3 Å². The standard InChI is InChI=1S/3C3H8O.ClH.Ti/c3*1-3(2)4;;/h3*3-4H,1-2H3;1H;/q;;;;+1/p-1. The Labute approximate surface area is 104 Å². The Hall–Kier alpha value is 0.884. The van der Waals surface area contributed by atoms with Gasteiger partial charge in [-0.15, -0.1) is 0 Å². The second-order valence-corrected chi connectivity index (χ2v) is 3.28. The average molecular weight is 264 g/mol. The summed E-state index contributed by atoms with van der Waals surface area (Å²) >= 11 is 1.47. The second kappa shape index (κ2) is 23.6. The fourth-order valence-corrected chi connectivity index (χ4v) is 0. The van der Waals surface area contributed by atoms with Crippen LogP contribution in [0.15, 0.2) is 0 Å². The molecule has 0 saturated carbocycles. The molecule has 0 radical (unpaired) electrons. The molecule has 14 heavy (non-hydrogen) atoms. The molecule has 0 aliphatic rings. The zero-order valence-corrected chi connectivity index (χ0v) is 12.3. The summed E-state index contributed by atoms with van der Waals surface area (Å²) in [5.74, 6) is 0. The fraction of sp³-hybridized carbons (Fsp3) is 1.00. The fourth-order valence-electron chi connectivity index (χ4n) is 0. The van der Waals surface area contributed by atoms with Gasteiger partial charge in [-0.2, -0.15) is 0 Å². The van der Waals surface area contributed by atoms with E-state index in [9.17, 15) is 0 Å². The first-order chi connectivity index (χ1) is 6.20. The third-order valence-electron chi connectivity index (χ3n) is 0. The zero-order valence-electron chi connectivity index (χ0n) is 9.95. The Balaban J connectivity index is -0.0000000492. The van der Waals surface area contributed by atoms with Gasteiger partial charge in [0.05, 0.1) is 0 Å². The molecule has 0 unspecified atom stereocenters. The van der Waals surface area contributed by atoms with Crippen LogP contribution < -0.4 is 0 Å². The van der Waals surface area contributed by atoms with Gasteiger partial charge in [-0.1, -0.05) is 0 Å². The monoisotopic (exact) mass is 263 g/mol. The molecule has 0 aromatic rings. The van der Waals surface area contributed by atoms with E-state index in [1.807, 2.05) is 0 Å². The Morgan fingerprint density at radius 3 is 0.643 bits per heavy atom.